The third kappa shape index (κ3) is 4.60. The van der Waals surface area contributed by atoms with Crippen molar-refractivity contribution in [2.75, 3.05) is 0 Å². The zero-order chi connectivity index (χ0) is 41.7. The number of rotatable bonds is 5. The number of hydrogen-bond donors (Lipinski definition) is 0. The Hall–Kier alpha value is -6.85. The van der Waals surface area contributed by atoms with Crippen LogP contribution in [0.15, 0.2) is 174 Å². The van der Waals surface area contributed by atoms with Crippen LogP contribution >= 0.6 is 0 Å². The molecular formula is C45H28N4O. The van der Waals surface area contributed by atoms with E-state index in [1.165, 1.54) is 0 Å². The third-order valence-electron chi connectivity index (χ3n) is 8.84. The van der Waals surface area contributed by atoms with Gasteiger partial charge in [0.05, 0.1) is 24.7 Å². The Bertz CT molecular complexity index is 3310. The molecule has 0 spiro atoms. The SMILES string of the molecule is [2H]c1c([2H])c([2H])c(-c2nc(-c3c([2H])c([2H])c([2H])c([2H])c3[2H])nc(-c3cccc4c5ccccc5n(-c5ccc6oc7ccc(-c8ccccc8)cc7c6c5)c34)n2)c([2H])c1[2H]. The highest BCUT2D eigenvalue weighted by Crippen LogP contribution is 2.40. The molecule has 0 N–H and O–H groups in total. The summed E-state index contributed by atoms with van der Waals surface area (Å²) >= 11 is 0. The molecule has 0 saturated heterocycles. The minimum atomic E-state index is -0.613. The fourth-order valence-corrected chi connectivity index (χ4v) is 6.63. The molecule has 0 aliphatic rings. The normalized spacial score (nSPS) is 14.4. The van der Waals surface area contributed by atoms with E-state index in [0.29, 0.717) is 16.7 Å². The van der Waals surface area contributed by atoms with Gasteiger partial charge >= 0.3 is 0 Å². The topological polar surface area (TPSA) is 56.7 Å². The lowest BCUT2D eigenvalue weighted by Gasteiger charge is -2.13. The first-order valence-corrected chi connectivity index (χ1v) is 15.9. The molecule has 3 aromatic heterocycles. The summed E-state index contributed by atoms with van der Waals surface area (Å²) in [5.74, 6) is -0.691. The van der Waals surface area contributed by atoms with Gasteiger partial charge in [-0.05, 0) is 53.6 Å². The highest BCUT2D eigenvalue weighted by Gasteiger charge is 2.21. The lowest BCUT2D eigenvalue weighted by atomic mass is 10.0. The second kappa shape index (κ2) is 11.4. The maximum absolute atomic E-state index is 8.78. The molecule has 5 nitrogen and oxygen atoms in total. The lowest BCUT2D eigenvalue weighted by molar-refractivity contribution is 0.669. The van der Waals surface area contributed by atoms with Gasteiger partial charge < -0.3 is 8.98 Å². The Balaban J connectivity index is 1.28. The fourth-order valence-electron chi connectivity index (χ4n) is 6.63. The molecule has 5 heteroatoms. The smallest absolute Gasteiger partial charge is 0.166 e. The van der Waals surface area contributed by atoms with E-state index in [0.717, 1.165) is 49.5 Å². The van der Waals surface area contributed by atoms with Crippen molar-refractivity contribution in [1.29, 1.82) is 0 Å². The Morgan fingerprint density at radius 1 is 0.460 bits per heavy atom. The summed E-state index contributed by atoms with van der Waals surface area (Å²) < 4.78 is 93.5. The molecule has 3 heterocycles. The molecule has 0 saturated carbocycles. The molecule has 10 aromatic rings. The van der Waals surface area contributed by atoms with Crippen molar-refractivity contribution < 1.29 is 18.1 Å². The molecule has 0 bridgehead atoms. The standard InChI is InChI=1S/C45H28N4O/c1-4-13-29(14-5-1)32-23-25-40-37(27-32)38-28-33(24-26-41(38)50-40)49-39-22-11-10-19-34(39)35-20-12-21-36(42(35)49)45-47-43(30-15-6-2-7-16-30)46-44(48-45)31-17-8-3-9-18-31/h1-28H/i2D,3D,6D,7D,8D,9D,15D,16D,17D,18D. The van der Waals surface area contributed by atoms with E-state index in [4.69, 9.17) is 28.1 Å². The zero-order valence-corrected chi connectivity index (χ0v) is 26.1. The molecular weight excluding hydrogens is 613 g/mol. The predicted molar refractivity (Wildman–Crippen MR) is 203 cm³/mol. The summed E-state index contributed by atoms with van der Waals surface area (Å²) in [6, 6.07) is 29.6. The van der Waals surface area contributed by atoms with Crippen LogP contribution in [0.3, 0.4) is 0 Å². The number of aromatic nitrogens is 4. The summed E-state index contributed by atoms with van der Waals surface area (Å²) in [6.45, 7) is 0. The van der Waals surface area contributed by atoms with Crippen molar-refractivity contribution in [3.63, 3.8) is 0 Å². The van der Waals surface area contributed by atoms with Crippen LogP contribution in [0, 0.1) is 0 Å². The number of hydrogen-bond acceptors (Lipinski definition) is 4. The number of benzene rings is 7. The van der Waals surface area contributed by atoms with Crippen LogP contribution in [-0.4, -0.2) is 19.5 Å². The summed E-state index contributed by atoms with van der Waals surface area (Å²) in [6.07, 6.45) is 0. The molecule has 0 aliphatic heterocycles. The molecule has 7 aromatic carbocycles. The monoisotopic (exact) mass is 650 g/mol. The van der Waals surface area contributed by atoms with Crippen LogP contribution in [-0.2, 0) is 0 Å². The molecule has 0 unspecified atom stereocenters. The number of nitrogens with zero attached hydrogens (tertiary/aromatic N) is 4. The predicted octanol–water partition coefficient (Wildman–Crippen LogP) is 11.5. The van der Waals surface area contributed by atoms with E-state index in [1.54, 1.807) is 6.07 Å². The van der Waals surface area contributed by atoms with Crippen LogP contribution < -0.4 is 0 Å². The molecule has 50 heavy (non-hydrogen) atoms. The number of para-hydroxylation sites is 2. The van der Waals surface area contributed by atoms with Crippen LogP contribution in [0.5, 0.6) is 0 Å². The largest absolute Gasteiger partial charge is 0.456 e. The third-order valence-corrected chi connectivity index (χ3v) is 8.84. The van der Waals surface area contributed by atoms with E-state index in [-0.39, 0.29) is 28.6 Å². The van der Waals surface area contributed by atoms with Crippen LogP contribution in [0.2, 0.25) is 0 Å². The quantitative estimate of drug-likeness (QED) is 0.186. The second-order valence-corrected chi connectivity index (χ2v) is 11.7. The van der Waals surface area contributed by atoms with Crippen molar-refractivity contribution >= 4 is 43.7 Å². The second-order valence-electron chi connectivity index (χ2n) is 11.7. The Morgan fingerprint density at radius 3 is 1.82 bits per heavy atom. The highest BCUT2D eigenvalue weighted by atomic mass is 16.3. The van der Waals surface area contributed by atoms with Crippen LogP contribution in [0.1, 0.15) is 13.7 Å². The van der Waals surface area contributed by atoms with Gasteiger partial charge in [0, 0.05) is 43.9 Å². The van der Waals surface area contributed by atoms with Gasteiger partial charge in [-0.25, -0.2) is 15.0 Å². The Morgan fingerprint density at radius 2 is 1.08 bits per heavy atom. The number of fused-ring (bicyclic) bond motifs is 6. The van der Waals surface area contributed by atoms with Crippen molar-refractivity contribution in [2.24, 2.45) is 0 Å². The first-order chi connectivity index (χ1) is 28.9. The van der Waals surface area contributed by atoms with Crippen LogP contribution in [0.25, 0.3) is 94.7 Å². The lowest BCUT2D eigenvalue weighted by Crippen LogP contribution is -2.02. The minimum absolute atomic E-state index is 0.0226. The molecule has 0 radical (unpaired) electrons. The van der Waals surface area contributed by atoms with E-state index in [9.17, 15) is 0 Å². The van der Waals surface area contributed by atoms with E-state index in [1.807, 2.05) is 78.9 Å². The zero-order valence-electron chi connectivity index (χ0n) is 36.1. The van der Waals surface area contributed by atoms with Gasteiger partial charge in [-0.1, -0.05) is 127 Å². The van der Waals surface area contributed by atoms with E-state index in [2.05, 4.69) is 33.8 Å². The van der Waals surface area contributed by atoms with Gasteiger partial charge in [-0.15, -0.1) is 0 Å². The van der Waals surface area contributed by atoms with Gasteiger partial charge in [-0.2, -0.15) is 0 Å². The average Bonchev–Trinajstić information content (AvgIpc) is 3.81. The van der Waals surface area contributed by atoms with Crippen molar-refractivity contribution in [3.8, 4) is 51.0 Å². The van der Waals surface area contributed by atoms with Crippen molar-refractivity contribution in [3.05, 3.63) is 170 Å². The maximum Gasteiger partial charge on any atom is 0.166 e. The average molecular weight is 651 g/mol. The van der Waals surface area contributed by atoms with Gasteiger partial charge in [-0.3, -0.25) is 0 Å². The number of furan rings is 1. The van der Waals surface area contributed by atoms with Gasteiger partial charge in [0.1, 0.15) is 11.2 Å². The van der Waals surface area contributed by atoms with E-state index >= 15 is 0 Å². The maximum atomic E-state index is 8.78. The van der Waals surface area contributed by atoms with Gasteiger partial charge in [0.15, 0.2) is 17.5 Å². The molecule has 0 amide bonds. The van der Waals surface area contributed by atoms with Gasteiger partial charge in [0.25, 0.3) is 0 Å². The summed E-state index contributed by atoms with van der Waals surface area (Å²) in [4.78, 5) is 14.0. The van der Waals surface area contributed by atoms with Crippen molar-refractivity contribution in [1.82, 2.24) is 19.5 Å². The Labute approximate surface area is 301 Å². The molecule has 0 aliphatic carbocycles. The van der Waals surface area contributed by atoms with Gasteiger partial charge in [0.2, 0.25) is 0 Å². The van der Waals surface area contributed by atoms with E-state index < -0.39 is 60.4 Å². The Kier molecular flexibility index (Phi) is 4.52. The minimum Gasteiger partial charge on any atom is -0.456 e. The van der Waals surface area contributed by atoms with Crippen molar-refractivity contribution in [2.45, 2.75) is 0 Å². The molecule has 0 atom stereocenters. The summed E-state index contributed by atoms with van der Waals surface area (Å²) in [5.41, 5.74) is 5.59. The fraction of sp³-hybridized carbons (Fsp3) is 0. The van der Waals surface area contributed by atoms with Crippen LogP contribution in [0.4, 0.5) is 0 Å². The first-order valence-electron chi connectivity index (χ1n) is 20.9. The summed E-state index contributed by atoms with van der Waals surface area (Å²) in [7, 11) is 0. The molecule has 10 rings (SSSR count). The molecule has 234 valence electrons. The first kappa shape index (κ1) is 19.8. The summed E-state index contributed by atoms with van der Waals surface area (Å²) in [5, 5.41) is 3.54. The highest BCUT2D eigenvalue weighted by molar-refractivity contribution is 6.14. The molecule has 0 fully saturated rings.